The quantitative estimate of drug-likeness (QED) is 0.391. The summed E-state index contributed by atoms with van der Waals surface area (Å²) in [5.74, 6) is 0. The minimum Gasteiger partial charge on any atom is -0.412 e. The van der Waals surface area contributed by atoms with Crippen molar-refractivity contribution in [2.75, 3.05) is 0 Å². The molecule has 0 fully saturated rings. The third-order valence-electron chi connectivity index (χ3n) is 0. The molecule has 5 nitrogen and oxygen atoms in total. The van der Waals surface area contributed by atoms with Gasteiger partial charge in [0, 0.05) is 68.3 Å². The first kappa shape index (κ1) is 301. The van der Waals surface area contributed by atoms with Crippen molar-refractivity contribution in [2.45, 2.75) is 0 Å². The Balaban J connectivity index is 0. The van der Waals surface area contributed by atoms with Gasteiger partial charge in [0.1, 0.15) is 0 Å². The van der Waals surface area contributed by atoms with E-state index in [1.807, 2.05) is 0 Å². The van der Waals surface area contributed by atoms with Gasteiger partial charge in [-0.25, -0.2) is 0 Å². The summed E-state index contributed by atoms with van der Waals surface area (Å²) < 4.78 is 0. The fourth-order valence-corrected chi connectivity index (χ4v) is 0. The van der Waals surface area contributed by atoms with E-state index < -0.39 is 0 Å². The molecule has 0 spiro atoms. The van der Waals surface area contributed by atoms with Crippen LogP contribution in [-0.4, -0.2) is 27.4 Å². The maximum Gasteiger partial charge on any atom is 0 e. The molecule has 0 aliphatic heterocycles. The van der Waals surface area contributed by atoms with Crippen LogP contribution in [-0.2, 0) is 68.3 Å². The van der Waals surface area contributed by atoms with Crippen molar-refractivity contribution < 1.29 is 95.7 Å². The van der Waals surface area contributed by atoms with E-state index in [1.165, 1.54) is 0 Å². The van der Waals surface area contributed by atoms with E-state index >= 15 is 0 Å². The Morgan fingerprint density at radius 2 is 0.222 bits per heavy atom. The summed E-state index contributed by atoms with van der Waals surface area (Å²) in [5.41, 5.74) is 0. The SMILES string of the molecule is O.O.O.O.O.[Cu].[Cu].[Cu].[Cu]. The van der Waals surface area contributed by atoms with Crippen LogP contribution in [0.3, 0.4) is 0 Å². The molecule has 10 N–H and O–H groups in total. The van der Waals surface area contributed by atoms with E-state index in [9.17, 15) is 0 Å². The molecule has 0 bridgehead atoms. The van der Waals surface area contributed by atoms with Gasteiger partial charge in [0.05, 0.1) is 0 Å². The minimum absolute atomic E-state index is 0. The van der Waals surface area contributed by atoms with Crippen LogP contribution in [0.15, 0.2) is 0 Å². The van der Waals surface area contributed by atoms with E-state index in [0.29, 0.717) is 0 Å². The summed E-state index contributed by atoms with van der Waals surface area (Å²) in [6.45, 7) is 0. The summed E-state index contributed by atoms with van der Waals surface area (Å²) in [4.78, 5) is 0. The summed E-state index contributed by atoms with van der Waals surface area (Å²) in [5, 5.41) is 0. The Hall–Kier alpha value is 1.88. The predicted octanol–water partition coefficient (Wildman–Crippen LogP) is -4.13. The van der Waals surface area contributed by atoms with Crippen LogP contribution in [0.2, 0.25) is 0 Å². The molecule has 84 valence electrons. The van der Waals surface area contributed by atoms with Gasteiger partial charge in [0.15, 0.2) is 0 Å². The van der Waals surface area contributed by atoms with Crippen molar-refractivity contribution in [2.24, 2.45) is 0 Å². The summed E-state index contributed by atoms with van der Waals surface area (Å²) in [7, 11) is 0. The molecule has 0 rings (SSSR count). The molecule has 0 heterocycles. The second kappa shape index (κ2) is 221. The van der Waals surface area contributed by atoms with Gasteiger partial charge in [-0.1, -0.05) is 0 Å². The predicted molar refractivity (Wildman–Crippen MR) is 18.1 cm³/mol. The van der Waals surface area contributed by atoms with E-state index in [-0.39, 0.29) is 95.7 Å². The molecule has 0 aromatic carbocycles. The molecule has 9 heavy (non-hydrogen) atoms. The van der Waals surface area contributed by atoms with Crippen LogP contribution in [0.4, 0.5) is 0 Å². The van der Waals surface area contributed by atoms with Crippen LogP contribution in [0.1, 0.15) is 0 Å². The van der Waals surface area contributed by atoms with E-state index in [2.05, 4.69) is 0 Å². The molecule has 0 unspecified atom stereocenters. The molecule has 0 amide bonds. The zero-order valence-corrected chi connectivity index (χ0v) is 7.47. The first-order chi connectivity index (χ1) is 0. The summed E-state index contributed by atoms with van der Waals surface area (Å²) >= 11 is 0. The average Bonchev–Trinajstić information content (AvgIpc) is 0. The van der Waals surface area contributed by atoms with Gasteiger partial charge >= 0.3 is 0 Å². The molecule has 4 radical (unpaired) electrons. The third-order valence-corrected chi connectivity index (χ3v) is 0. The Labute approximate surface area is 95.2 Å². The maximum atomic E-state index is 0. The number of rotatable bonds is 0. The van der Waals surface area contributed by atoms with Gasteiger partial charge in [0.25, 0.3) is 0 Å². The maximum absolute atomic E-state index is 0. The molecular weight excluding hydrogens is 334 g/mol. The fourth-order valence-electron chi connectivity index (χ4n) is 0. The molecule has 0 aromatic rings. The Kier molecular flexibility index (Phi) is 7380. The normalized spacial score (nSPS) is 0. The topological polar surface area (TPSA) is 158 Å². The fraction of sp³-hybridized carbons (Fsp3) is 0. The molecule has 0 atom stereocenters. The minimum atomic E-state index is 0. The van der Waals surface area contributed by atoms with Crippen molar-refractivity contribution in [3.8, 4) is 0 Å². The zero-order valence-electron chi connectivity index (χ0n) is 3.71. The van der Waals surface area contributed by atoms with Gasteiger partial charge in [-0.15, -0.1) is 0 Å². The van der Waals surface area contributed by atoms with Crippen molar-refractivity contribution in [3.05, 3.63) is 0 Å². The monoisotopic (exact) mass is 342 g/mol. The van der Waals surface area contributed by atoms with Gasteiger partial charge in [-0.2, -0.15) is 0 Å². The van der Waals surface area contributed by atoms with Gasteiger partial charge in [-0.3, -0.25) is 0 Å². The second-order valence-electron chi connectivity index (χ2n) is 0. The molecule has 9 heteroatoms. The second-order valence-corrected chi connectivity index (χ2v) is 0. The molecular formula is H10Cu4O5. The molecule has 0 saturated heterocycles. The Bertz CT molecular complexity index is 8.92. The van der Waals surface area contributed by atoms with E-state index in [4.69, 9.17) is 0 Å². The standard InChI is InChI=1S/4Cu.5H2O/h;;;;5*1H2. The van der Waals surface area contributed by atoms with E-state index in [0.717, 1.165) is 0 Å². The van der Waals surface area contributed by atoms with Gasteiger partial charge in [-0.05, 0) is 0 Å². The largest absolute Gasteiger partial charge is 0.412 e. The van der Waals surface area contributed by atoms with Crippen LogP contribution < -0.4 is 0 Å². The van der Waals surface area contributed by atoms with Crippen LogP contribution >= 0.6 is 0 Å². The first-order valence-corrected chi connectivity index (χ1v) is 0. The van der Waals surface area contributed by atoms with Crippen molar-refractivity contribution in [1.82, 2.24) is 0 Å². The van der Waals surface area contributed by atoms with Crippen LogP contribution in [0, 0.1) is 0 Å². The Morgan fingerprint density at radius 3 is 0.222 bits per heavy atom. The average molecular weight is 344 g/mol. The Morgan fingerprint density at radius 1 is 0.222 bits per heavy atom. The van der Waals surface area contributed by atoms with Gasteiger partial charge < -0.3 is 27.4 Å². The van der Waals surface area contributed by atoms with Gasteiger partial charge in [0.2, 0.25) is 0 Å². The van der Waals surface area contributed by atoms with Crippen molar-refractivity contribution in [3.63, 3.8) is 0 Å². The van der Waals surface area contributed by atoms with Crippen LogP contribution in [0.5, 0.6) is 0 Å². The van der Waals surface area contributed by atoms with Crippen molar-refractivity contribution >= 4 is 0 Å². The van der Waals surface area contributed by atoms with E-state index in [1.54, 1.807) is 0 Å². The smallest absolute Gasteiger partial charge is 0 e. The first-order valence-electron chi connectivity index (χ1n) is 0. The molecule has 0 aliphatic rings. The number of hydrogen-bond acceptors (Lipinski definition) is 0. The van der Waals surface area contributed by atoms with Crippen LogP contribution in [0.25, 0.3) is 0 Å². The molecule has 0 aliphatic carbocycles. The zero-order chi connectivity index (χ0) is 0. The molecule has 0 aromatic heterocycles. The third kappa shape index (κ3) is 174. The van der Waals surface area contributed by atoms with Crippen molar-refractivity contribution in [1.29, 1.82) is 0 Å². The summed E-state index contributed by atoms with van der Waals surface area (Å²) in [6.07, 6.45) is 0. The number of hydrogen-bond donors (Lipinski definition) is 0. The summed E-state index contributed by atoms with van der Waals surface area (Å²) in [6, 6.07) is 0. The molecule has 0 saturated carbocycles.